The molecule has 2 aromatic heterocycles. The average molecular weight is 344 g/mol. The van der Waals surface area contributed by atoms with Gasteiger partial charge in [-0.1, -0.05) is 5.16 Å². The Bertz CT molecular complexity index is 743. The van der Waals surface area contributed by atoms with Crippen molar-refractivity contribution in [3.63, 3.8) is 0 Å². The second kappa shape index (κ2) is 7.78. The Labute approximate surface area is 144 Å². The minimum atomic E-state index is -0.109. The van der Waals surface area contributed by atoms with E-state index in [1.807, 2.05) is 0 Å². The second-order valence-electron chi connectivity index (χ2n) is 5.90. The quantitative estimate of drug-likeness (QED) is 0.826. The zero-order chi connectivity index (χ0) is 17.6. The number of piperidine rings is 1. The molecule has 0 bridgehead atoms. The molecule has 25 heavy (non-hydrogen) atoms. The van der Waals surface area contributed by atoms with E-state index >= 15 is 0 Å². The summed E-state index contributed by atoms with van der Waals surface area (Å²) in [5, 5.41) is 6.48. The average Bonchev–Trinajstić information content (AvgIpc) is 3.29. The van der Waals surface area contributed by atoms with Gasteiger partial charge in [-0.25, -0.2) is 0 Å². The van der Waals surface area contributed by atoms with E-state index in [1.54, 1.807) is 36.3 Å². The molecule has 1 N–H and O–H groups in total. The number of furan rings is 1. The van der Waals surface area contributed by atoms with Gasteiger partial charge in [-0.2, -0.15) is 4.98 Å². The van der Waals surface area contributed by atoms with Gasteiger partial charge >= 0.3 is 0 Å². The smallest absolute Gasteiger partial charge is 0.246 e. The molecule has 1 aliphatic heterocycles. The molecule has 8 heteroatoms. The molecule has 2 aromatic rings. The first-order chi connectivity index (χ1) is 12.1. The lowest BCUT2D eigenvalue weighted by atomic mass is 9.96. The van der Waals surface area contributed by atoms with Gasteiger partial charge in [-0.3, -0.25) is 9.59 Å². The highest BCUT2D eigenvalue weighted by Crippen LogP contribution is 2.18. The highest BCUT2D eigenvalue weighted by molar-refractivity contribution is 5.91. The van der Waals surface area contributed by atoms with Gasteiger partial charge in [-0.15, -0.1) is 0 Å². The fourth-order valence-electron chi connectivity index (χ4n) is 2.73. The zero-order valence-electron chi connectivity index (χ0n) is 14.0. The van der Waals surface area contributed by atoms with Crippen molar-refractivity contribution in [2.24, 2.45) is 5.92 Å². The number of rotatable bonds is 5. The van der Waals surface area contributed by atoms with E-state index in [4.69, 9.17) is 8.94 Å². The molecule has 0 unspecified atom stereocenters. The van der Waals surface area contributed by atoms with Crippen molar-refractivity contribution in [3.05, 3.63) is 41.9 Å². The number of aryl methyl sites for hydroxylation is 1. The summed E-state index contributed by atoms with van der Waals surface area (Å²) in [7, 11) is 0. The fourth-order valence-corrected chi connectivity index (χ4v) is 2.73. The molecule has 0 aromatic carbocycles. The monoisotopic (exact) mass is 344 g/mol. The van der Waals surface area contributed by atoms with Crippen LogP contribution >= 0.6 is 0 Å². The van der Waals surface area contributed by atoms with Crippen molar-refractivity contribution in [1.82, 2.24) is 20.4 Å². The molecule has 1 fully saturated rings. The Kier molecular flexibility index (Phi) is 5.27. The summed E-state index contributed by atoms with van der Waals surface area (Å²) in [4.78, 5) is 30.1. The van der Waals surface area contributed by atoms with Crippen LogP contribution in [0.5, 0.6) is 0 Å². The molecule has 132 valence electrons. The topological polar surface area (TPSA) is 101 Å². The summed E-state index contributed by atoms with van der Waals surface area (Å²) in [5.41, 5.74) is 0. The molecule has 0 atom stereocenters. The number of carbonyl (C=O) groups excluding carboxylic acids is 2. The minimum Gasteiger partial charge on any atom is -0.465 e. The van der Waals surface area contributed by atoms with E-state index in [0.717, 1.165) is 0 Å². The normalized spacial score (nSPS) is 15.6. The van der Waals surface area contributed by atoms with Crippen LogP contribution in [-0.4, -0.2) is 39.9 Å². The third kappa shape index (κ3) is 4.56. The van der Waals surface area contributed by atoms with Crippen molar-refractivity contribution >= 4 is 17.9 Å². The summed E-state index contributed by atoms with van der Waals surface area (Å²) in [6.45, 7) is 3.06. The zero-order valence-corrected chi connectivity index (χ0v) is 14.0. The largest absolute Gasteiger partial charge is 0.465 e. The van der Waals surface area contributed by atoms with Crippen LogP contribution in [0.1, 0.15) is 30.3 Å². The maximum Gasteiger partial charge on any atom is 0.246 e. The highest BCUT2D eigenvalue weighted by Gasteiger charge is 2.26. The van der Waals surface area contributed by atoms with Gasteiger partial charge in [0.15, 0.2) is 5.82 Å². The molecular weight excluding hydrogens is 324 g/mol. The summed E-state index contributed by atoms with van der Waals surface area (Å²) in [6, 6.07) is 3.55. The predicted octanol–water partition coefficient (Wildman–Crippen LogP) is 1.54. The summed E-state index contributed by atoms with van der Waals surface area (Å²) >= 11 is 0. The van der Waals surface area contributed by atoms with Crippen LogP contribution in [0.15, 0.2) is 33.4 Å². The molecule has 0 radical (unpaired) electrons. The Hall–Kier alpha value is -2.90. The predicted molar refractivity (Wildman–Crippen MR) is 87.9 cm³/mol. The minimum absolute atomic E-state index is 0.0471. The highest BCUT2D eigenvalue weighted by atomic mass is 16.5. The number of hydrogen-bond donors (Lipinski definition) is 1. The van der Waals surface area contributed by atoms with Crippen LogP contribution in [0.2, 0.25) is 0 Å². The number of carbonyl (C=O) groups is 2. The van der Waals surface area contributed by atoms with Gasteiger partial charge < -0.3 is 19.2 Å². The third-order valence-corrected chi connectivity index (χ3v) is 4.09. The molecule has 0 spiro atoms. The van der Waals surface area contributed by atoms with Crippen LogP contribution in [0.4, 0.5) is 0 Å². The molecule has 0 aliphatic carbocycles. The summed E-state index contributed by atoms with van der Waals surface area (Å²) in [5.74, 6) is 1.34. The molecule has 3 heterocycles. The van der Waals surface area contributed by atoms with Gasteiger partial charge in [0.25, 0.3) is 0 Å². The first-order valence-electron chi connectivity index (χ1n) is 8.19. The number of hydrogen-bond acceptors (Lipinski definition) is 6. The van der Waals surface area contributed by atoms with Crippen molar-refractivity contribution in [3.8, 4) is 0 Å². The SMILES string of the molecule is Cc1noc(CNC(=O)C2CCN(C(=O)/C=C/c3ccco3)CC2)n1. The van der Waals surface area contributed by atoms with Crippen molar-refractivity contribution in [1.29, 1.82) is 0 Å². The van der Waals surface area contributed by atoms with Crippen molar-refractivity contribution in [2.45, 2.75) is 26.3 Å². The van der Waals surface area contributed by atoms with Crippen LogP contribution in [0.3, 0.4) is 0 Å². The number of aromatic nitrogens is 2. The Morgan fingerprint density at radius 2 is 2.20 bits per heavy atom. The standard InChI is InChI=1S/C17H20N4O4/c1-12-19-15(25-20-12)11-18-17(23)13-6-8-21(9-7-13)16(22)5-4-14-3-2-10-24-14/h2-5,10,13H,6-9,11H2,1H3,(H,18,23)/b5-4+. The van der Waals surface area contributed by atoms with Gasteiger partial charge in [0, 0.05) is 25.1 Å². The fraction of sp³-hybridized carbons (Fsp3) is 0.412. The molecule has 2 amide bonds. The number of nitrogens with zero attached hydrogens (tertiary/aromatic N) is 3. The number of likely N-dealkylation sites (tertiary alicyclic amines) is 1. The first kappa shape index (κ1) is 16.9. The van der Waals surface area contributed by atoms with Crippen molar-refractivity contribution < 1.29 is 18.5 Å². The Morgan fingerprint density at radius 1 is 1.40 bits per heavy atom. The maximum atomic E-state index is 12.2. The second-order valence-corrected chi connectivity index (χ2v) is 5.90. The van der Waals surface area contributed by atoms with Crippen LogP contribution in [0, 0.1) is 12.8 Å². The Balaban J connectivity index is 1.43. The first-order valence-corrected chi connectivity index (χ1v) is 8.19. The summed E-state index contributed by atoms with van der Waals surface area (Å²) in [6.07, 6.45) is 5.97. The van der Waals surface area contributed by atoms with E-state index in [1.165, 1.54) is 6.08 Å². The molecular formula is C17H20N4O4. The van der Waals surface area contributed by atoms with Crippen LogP contribution < -0.4 is 5.32 Å². The third-order valence-electron chi connectivity index (χ3n) is 4.09. The van der Waals surface area contributed by atoms with E-state index in [9.17, 15) is 9.59 Å². The van der Waals surface area contributed by atoms with Gasteiger partial charge in [0.2, 0.25) is 17.7 Å². The lowest BCUT2D eigenvalue weighted by Crippen LogP contribution is -2.42. The van der Waals surface area contributed by atoms with E-state index in [2.05, 4.69) is 15.5 Å². The van der Waals surface area contributed by atoms with Gasteiger partial charge in [0.1, 0.15) is 5.76 Å². The molecule has 1 saturated heterocycles. The van der Waals surface area contributed by atoms with Gasteiger partial charge in [0.05, 0.1) is 12.8 Å². The van der Waals surface area contributed by atoms with E-state index < -0.39 is 0 Å². The van der Waals surface area contributed by atoms with Crippen LogP contribution in [0.25, 0.3) is 6.08 Å². The van der Waals surface area contributed by atoms with Gasteiger partial charge in [-0.05, 0) is 38.0 Å². The molecule has 3 rings (SSSR count). The van der Waals surface area contributed by atoms with E-state index in [0.29, 0.717) is 43.4 Å². The number of amides is 2. The Morgan fingerprint density at radius 3 is 2.84 bits per heavy atom. The molecule has 0 saturated carbocycles. The molecule has 1 aliphatic rings. The van der Waals surface area contributed by atoms with Crippen LogP contribution in [-0.2, 0) is 16.1 Å². The maximum absolute atomic E-state index is 12.2. The number of nitrogens with one attached hydrogen (secondary N) is 1. The van der Waals surface area contributed by atoms with E-state index in [-0.39, 0.29) is 24.3 Å². The summed E-state index contributed by atoms with van der Waals surface area (Å²) < 4.78 is 10.1. The lowest BCUT2D eigenvalue weighted by Gasteiger charge is -2.30. The lowest BCUT2D eigenvalue weighted by molar-refractivity contribution is -0.132. The van der Waals surface area contributed by atoms with Crippen molar-refractivity contribution in [2.75, 3.05) is 13.1 Å². The molecule has 8 nitrogen and oxygen atoms in total.